The molecule has 0 aliphatic heterocycles. The van der Waals surface area contributed by atoms with Crippen molar-refractivity contribution in [2.45, 2.75) is 0 Å². The second-order valence-electron chi connectivity index (χ2n) is 4.89. The SMILES string of the molecule is COc1ccc(Cl)cc1Nc1ncnc(Oc2cccnc2)c1[N+](=O)[O-]. The number of nitro groups is 1. The Labute approximate surface area is 152 Å². The van der Waals surface area contributed by atoms with E-state index in [0.29, 0.717) is 22.2 Å². The third kappa shape index (κ3) is 3.78. The number of methoxy groups -OCH3 is 1. The minimum atomic E-state index is -0.634. The van der Waals surface area contributed by atoms with E-state index in [4.69, 9.17) is 21.1 Å². The second kappa shape index (κ2) is 7.62. The molecule has 10 heteroatoms. The van der Waals surface area contributed by atoms with Crippen molar-refractivity contribution >= 4 is 28.8 Å². The number of halogens is 1. The number of rotatable bonds is 6. The molecule has 26 heavy (non-hydrogen) atoms. The molecular weight excluding hydrogens is 362 g/mol. The first-order chi connectivity index (χ1) is 12.6. The monoisotopic (exact) mass is 373 g/mol. The molecule has 9 nitrogen and oxygen atoms in total. The van der Waals surface area contributed by atoms with Crippen LogP contribution in [0.25, 0.3) is 0 Å². The molecule has 0 amide bonds. The predicted molar refractivity (Wildman–Crippen MR) is 94.3 cm³/mol. The number of hydrogen-bond donors (Lipinski definition) is 1. The molecule has 0 aliphatic rings. The predicted octanol–water partition coefficient (Wildman–Crippen LogP) is 3.98. The van der Waals surface area contributed by atoms with Crippen molar-refractivity contribution in [1.29, 1.82) is 0 Å². The van der Waals surface area contributed by atoms with E-state index < -0.39 is 10.6 Å². The fourth-order valence-electron chi connectivity index (χ4n) is 2.12. The molecule has 2 aromatic heterocycles. The number of nitrogens with zero attached hydrogens (tertiary/aromatic N) is 4. The molecule has 132 valence electrons. The lowest BCUT2D eigenvalue weighted by molar-refractivity contribution is -0.385. The Morgan fingerprint density at radius 1 is 1.27 bits per heavy atom. The fraction of sp³-hybridized carbons (Fsp3) is 0.0625. The highest BCUT2D eigenvalue weighted by atomic mass is 35.5. The zero-order valence-electron chi connectivity index (χ0n) is 13.4. The van der Waals surface area contributed by atoms with Crippen LogP contribution in [0.1, 0.15) is 0 Å². The molecule has 0 spiro atoms. The van der Waals surface area contributed by atoms with Gasteiger partial charge in [0, 0.05) is 11.2 Å². The van der Waals surface area contributed by atoms with Crippen LogP contribution in [0, 0.1) is 10.1 Å². The lowest BCUT2D eigenvalue weighted by Gasteiger charge is -2.12. The molecule has 0 fully saturated rings. The number of anilines is 2. The molecule has 0 bridgehead atoms. The highest BCUT2D eigenvalue weighted by molar-refractivity contribution is 6.31. The lowest BCUT2D eigenvalue weighted by Crippen LogP contribution is -2.04. The summed E-state index contributed by atoms with van der Waals surface area (Å²) in [6.45, 7) is 0. The van der Waals surface area contributed by atoms with E-state index in [1.165, 1.54) is 13.3 Å². The van der Waals surface area contributed by atoms with Crippen molar-refractivity contribution in [2.24, 2.45) is 0 Å². The summed E-state index contributed by atoms with van der Waals surface area (Å²) in [4.78, 5) is 22.6. The molecule has 0 unspecified atom stereocenters. The Morgan fingerprint density at radius 2 is 2.12 bits per heavy atom. The van der Waals surface area contributed by atoms with Gasteiger partial charge in [0.15, 0.2) is 0 Å². The van der Waals surface area contributed by atoms with Gasteiger partial charge >= 0.3 is 11.6 Å². The summed E-state index contributed by atoms with van der Waals surface area (Å²) in [7, 11) is 1.47. The molecular formula is C16H12ClN5O4. The van der Waals surface area contributed by atoms with Gasteiger partial charge in [0.05, 0.1) is 23.9 Å². The largest absolute Gasteiger partial charge is 0.495 e. The zero-order valence-corrected chi connectivity index (χ0v) is 14.2. The number of hydrogen-bond acceptors (Lipinski definition) is 8. The summed E-state index contributed by atoms with van der Waals surface area (Å²) in [6.07, 6.45) is 4.12. The van der Waals surface area contributed by atoms with Crippen LogP contribution in [0.4, 0.5) is 17.2 Å². The Morgan fingerprint density at radius 3 is 2.81 bits per heavy atom. The maximum absolute atomic E-state index is 11.6. The van der Waals surface area contributed by atoms with E-state index in [0.717, 1.165) is 6.33 Å². The topological polar surface area (TPSA) is 112 Å². The summed E-state index contributed by atoms with van der Waals surface area (Å²) in [6, 6.07) is 8.07. The van der Waals surface area contributed by atoms with E-state index in [9.17, 15) is 10.1 Å². The highest BCUT2D eigenvalue weighted by Gasteiger charge is 2.26. The molecule has 0 aliphatic carbocycles. The first-order valence-corrected chi connectivity index (χ1v) is 7.64. The Kier molecular flexibility index (Phi) is 5.09. The minimum Gasteiger partial charge on any atom is -0.495 e. The summed E-state index contributed by atoms with van der Waals surface area (Å²) in [5.41, 5.74) is -0.0208. The van der Waals surface area contributed by atoms with Gasteiger partial charge in [0.1, 0.15) is 17.8 Å². The van der Waals surface area contributed by atoms with Gasteiger partial charge < -0.3 is 14.8 Å². The third-order valence-electron chi connectivity index (χ3n) is 3.23. The second-order valence-corrected chi connectivity index (χ2v) is 5.33. The van der Waals surface area contributed by atoms with E-state index in [1.807, 2.05) is 0 Å². The molecule has 1 N–H and O–H groups in total. The lowest BCUT2D eigenvalue weighted by atomic mass is 10.3. The molecule has 2 heterocycles. The average Bonchev–Trinajstić information content (AvgIpc) is 2.63. The molecule has 3 rings (SSSR count). The quantitative estimate of drug-likeness (QED) is 0.510. The van der Waals surface area contributed by atoms with Crippen LogP contribution in [0.2, 0.25) is 5.02 Å². The van der Waals surface area contributed by atoms with E-state index in [2.05, 4.69) is 20.3 Å². The first-order valence-electron chi connectivity index (χ1n) is 7.26. The number of aromatic nitrogens is 3. The molecule has 3 aromatic rings. The van der Waals surface area contributed by atoms with E-state index in [1.54, 1.807) is 36.5 Å². The van der Waals surface area contributed by atoms with Gasteiger partial charge in [-0.2, -0.15) is 4.98 Å². The molecule has 0 saturated carbocycles. The smallest absolute Gasteiger partial charge is 0.373 e. The van der Waals surface area contributed by atoms with Crippen LogP contribution in [0.15, 0.2) is 49.1 Å². The summed E-state index contributed by atoms with van der Waals surface area (Å²) < 4.78 is 10.7. The van der Waals surface area contributed by atoms with Gasteiger partial charge in [0.25, 0.3) is 0 Å². The number of pyridine rings is 1. The van der Waals surface area contributed by atoms with Crippen molar-refractivity contribution in [3.63, 3.8) is 0 Å². The van der Waals surface area contributed by atoms with Crippen molar-refractivity contribution in [1.82, 2.24) is 15.0 Å². The van der Waals surface area contributed by atoms with Crippen LogP contribution in [-0.4, -0.2) is 27.0 Å². The normalized spacial score (nSPS) is 10.2. The highest BCUT2D eigenvalue weighted by Crippen LogP contribution is 2.37. The number of benzene rings is 1. The van der Waals surface area contributed by atoms with Crippen LogP contribution >= 0.6 is 11.6 Å². The maximum Gasteiger partial charge on any atom is 0.373 e. The van der Waals surface area contributed by atoms with Gasteiger partial charge in [-0.3, -0.25) is 15.1 Å². The molecule has 0 radical (unpaired) electrons. The zero-order chi connectivity index (χ0) is 18.5. The number of nitrogens with one attached hydrogen (secondary N) is 1. The van der Waals surface area contributed by atoms with Gasteiger partial charge in [-0.05, 0) is 30.3 Å². The molecule has 0 saturated heterocycles. The van der Waals surface area contributed by atoms with Crippen LogP contribution < -0.4 is 14.8 Å². The van der Waals surface area contributed by atoms with Crippen molar-refractivity contribution in [3.05, 3.63) is 64.2 Å². The van der Waals surface area contributed by atoms with Crippen LogP contribution in [0.5, 0.6) is 17.4 Å². The van der Waals surface area contributed by atoms with E-state index in [-0.39, 0.29) is 11.7 Å². The third-order valence-corrected chi connectivity index (χ3v) is 3.47. The average molecular weight is 374 g/mol. The van der Waals surface area contributed by atoms with Gasteiger partial charge in [-0.1, -0.05) is 11.6 Å². The summed E-state index contributed by atoms with van der Waals surface area (Å²) >= 11 is 5.99. The summed E-state index contributed by atoms with van der Waals surface area (Å²) in [5.74, 6) is 0.462. The number of ether oxygens (including phenoxy) is 2. The van der Waals surface area contributed by atoms with Crippen LogP contribution in [-0.2, 0) is 0 Å². The summed E-state index contributed by atoms with van der Waals surface area (Å²) in [5, 5.41) is 14.8. The minimum absolute atomic E-state index is 0.0653. The maximum atomic E-state index is 11.6. The molecule has 0 atom stereocenters. The van der Waals surface area contributed by atoms with Crippen molar-refractivity contribution in [2.75, 3.05) is 12.4 Å². The standard InChI is InChI=1S/C16H12ClN5O4/c1-25-13-5-4-10(17)7-12(13)21-15-14(22(23)24)16(20-9-19-15)26-11-3-2-6-18-8-11/h2-9H,1H3,(H,19,20,21). The van der Waals surface area contributed by atoms with Crippen molar-refractivity contribution < 1.29 is 14.4 Å². The van der Waals surface area contributed by atoms with Gasteiger partial charge in [-0.15, -0.1) is 0 Å². The molecule has 1 aromatic carbocycles. The van der Waals surface area contributed by atoms with Crippen LogP contribution in [0.3, 0.4) is 0 Å². The van der Waals surface area contributed by atoms with Crippen molar-refractivity contribution in [3.8, 4) is 17.4 Å². The van der Waals surface area contributed by atoms with Gasteiger partial charge in [0.2, 0.25) is 5.82 Å². The first kappa shape index (κ1) is 17.4. The Balaban J connectivity index is 2.01. The van der Waals surface area contributed by atoms with Gasteiger partial charge in [-0.25, -0.2) is 4.98 Å². The Hall–Kier alpha value is -3.46. The van der Waals surface area contributed by atoms with E-state index >= 15 is 0 Å². The Bertz CT molecular complexity index is 939. The fourth-order valence-corrected chi connectivity index (χ4v) is 2.29.